The van der Waals surface area contributed by atoms with E-state index in [4.69, 9.17) is 0 Å². The second-order valence-electron chi connectivity index (χ2n) is 7.25. The molecule has 2 aromatic rings. The van der Waals surface area contributed by atoms with Crippen molar-refractivity contribution in [3.05, 3.63) is 66.7 Å². The minimum absolute atomic E-state index is 0. The molecule has 23 heavy (non-hydrogen) atoms. The molecule has 1 nitrogen and oxygen atoms in total. The first-order valence-corrected chi connectivity index (χ1v) is 8.28. The third-order valence-electron chi connectivity index (χ3n) is 5.97. The molecular formula is C21H23IrN. The Hall–Kier alpha value is -1.08. The van der Waals surface area contributed by atoms with Gasteiger partial charge >= 0.3 is 0 Å². The summed E-state index contributed by atoms with van der Waals surface area (Å²) in [6, 6.07) is 20.9. The van der Waals surface area contributed by atoms with Gasteiger partial charge in [-0.2, -0.15) is 24.3 Å². The van der Waals surface area contributed by atoms with Crippen molar-refractivity contribution in [2.24, 2.45) is 0 Å². The van der Waals surface area contributed by atoms with Crippen molar-refractivity contribution in [3.63, 3.8) is 0 Å². The smallest absolute Gasteiger partial charge is 0.167 e. The number of piperidine rings is 2. The molecule has 5 rings (SSSR count). The summed E-state index contributed by atoms with van der Waals surface area (Å²) in [5.41, 5.74) is 4.48. The number of hydrogen-bond donors (Lipinski definition) is 0. The quantitative estimate of drug-likeness (QED) is 0.556. The standard InChI is InChI=1S/C21H23N.Ir/c1-20-12-14-21(15-13-20,16-22(20)2)19-10-8-18(9-11-19)17-6-4-3-5-7-17;/h3-10,16H,12-15H2,1-2H3;. The molecule has 1 radical (unpaired) electrons. The Morgan fingerprint density at radius 1 is 0.957 bits per heavy atom. The van der Waals surface area contributed by atoms with Gasteiger partial charge in [0, 0.05) is 27.2 Å². The monoisotopic (exact) mass is 482 g/mol. The summed E-state index contributed by atoms with van der Waals surface area (Å²) in [7, 11) is 2.24. The zero-order valence-electron chi connectivity index (χ0n) is 13.8. The maximum atomic E-state index is 3.60. The normalized spacial score (nSPS) is 29.7. The molecule has 2 aliphatic heterocycles. The average Bonchev–Trinajstić information content (AvgIpc) is 2.58. The summed E-state index contributed by atoms with van der Waals surface area (Å²) in [6.45, 7) is 4.86. The number of benzene rings is 2. The molecule has 0 aromatic heterocycles. The van der Waals surface area contributed by atoms with Gasteiger partial charge in [-0.05, 0) is 32.6 Å². The van der Waals surface area contributed by atoms with Crippen LogP contribution < -0.4 is 0 Å². The number of nitrogens with zero attached hydrogens (tertiary/aromatic N) is 1. The number of fused-ring (bicyclic) bond motifs is 3. The van der Waals surface area contributed by atoms with Gasteiger partial charge in [0.2, 0.25) is 0 Å². The van der Waals surface area contributed by atoms with Crippen LogP contribution >= 0.6 is 0 Å². The van der Waals surface area contributed by atoms with E-state index in [-0.39, 0.29) is 25.5 Å². The van der Waals surface area contributed by atoms with E-state index in [1.54, 1.807) is 0 Å². The number of likely N-dealkylation sites (N-methyl/N-ethyl adjacent to an activating group) is 1. The summed E-state index contributed by atoms with van der Waals surface area (Å²) < 4.78 is 0. The van der Waals surface area contributed by atoms with Crippen LogP contribution in [-0.2, 0) is 25.5 Å². The van der Waals surface area contributed by atoms with Gasteiger partial charge in [-0.3, -0.25) is 0 Å². The second-order valence-corrected chi connectivity index (χ2v) is 7.25. The SMILES string of the molecule is CN1[CH+]C2(c3[c-]cc(-c4ccccc4)cc3)CCC1(C)CC2.[Ir]. The van der Waals surface area contributed by atoms with Crippen LogP contribution in [0.15, 0.2) is 48.5 Å². The molecule has 1 aliphatic carbocycles. The minimum Gasteiger partial charge on any atom is -0.175 e. The van der Waals surface area contributed by atoms with Gasteiger partial charge in [-0.15, -0.1) is 16.0 Å². The van der Waals surface area contributed by atoms with Crippen LogP contribution in [0.5, 0.6) is 0 Å². The van der Waals surface area contributed by atoms with Crippen molar-refractivity contribution in [2.75, 3.05) is 7.05 Å². The van der Waals surface area contributed by atoms with E-state index < -0.39 is 0 Å². The summed E-state index contributed by atoms with van der Waals surface area (Å²) in [5.74, 6) is 0. The second kappa shape index (κ2) is 6.09. The van der Waals surface area contributed by atoms with Crippen LogP contribution in [0.2, 0.25) is 0 Å². The van der Waals surface area contributed by atoms with Gasteiger partial charge in [-0.1, -0.05) is 35.9 Å². The Kier molecular flexibility index (Phi) is 4.44. The van der Waals surface area contributed by atoms with E-state index in [0.717, 1.165) is 0 Å². The molecule has 1 saturated carbocycles. The fraction of sp³-hybridized carbons (Fsp3) is 0.381. The summed E-state index contributed by atoms with van der Waals surface area (Å²) in [4.78, 5) is 2.46. The van der Waals surface area contributed by atoms with Gasteiger partial charge in [0.25, 0.3) is 0 Å². The molecule has 0 amide bonds. The Morgan fingerprint density at radius 3 is 2.22 bits per heavy atom. The van der Waals surface area contributed by atoms with E-state index in [2.05, 4.69) is 80.0 Å². The zero-order valence-corrected chi connectivity index (χ0v) is 16.2. The Labute approximate surface area is 153 Å². The Bertz CT molecular complexity index is 654. The van der Waals surface area contributed by atoms with E-state index in [1.807, 2.05) is 0 Å². The third-order valence-corrected chi connectivity index (χ3v) is 5.97. The van der Waals surface area contributed by atoms with Crippen LogP contribution in [0.3, 0.4) is 0 Å². The molecule has 2 heterocycles. The summed E-state index contributed by atoms with van der Waals surface area (Å²) in [6.07, 6.45) is 5.09. The molecule has 121 valence electrons. The maximum absolute atomic E-state index is 3.60. The van der Waals surface area contributed by atoms with Gasteiger partial charge in [0.1, 0.15) is 5.41 Å². The Balaban J connectivity index is 0.00000156. The molecule has 0 N–H and O–H groups in total. The largest absolute Gasteiger partial charge is 0.175 e. The van der Waals surface area contributed by atoms with Crippen LogP contribution in [0.25, 0.3) is 11.1 Å². The third kappa shape index (κ3) is 2.78. The Morgan fingerprint density at radius 2 is 1.65 bits per heavy atom. The first-order chi connectivity index (χ1) is 10.6. The van der Waals surface area contributed by atoms with Crippen molar-refractivity contribution in [1.82, 2.24) is 4.90 Å². The predicted molar refractivity (Wildman–Crippen MR) is 91.3 cm³/mol. The number of rotatable bonds is 2. The molecule has 2 saturated heterocycles. The van der Waals surface area contributed by atoms with Crippen LogP contribution in [-0.4, -0.2) is 17.5 Å². The van der Waals surface area contributed by atoms with Gasteiger partial charge in [-0.25, -0.2) is 0 Å². The van der Waals surface area contributed by atoms with Crippen LogP contribution in [0.1, 0.15) is 38.2 Å². The van der Waals surface area contributed by atoms with E-state index in [0.29, 0.717) is 5.54 Å². The zero-order chi connectivity index (χ0) is 15.2. The molecule has 2 bridgehead atoms. The van der Waals surface area contributed by atoms with E-state index in [9.17, 15) is 0 Å². The first kappa shape index (κ1) is 16.8. The molecule has 3 fully saturated rings. The predicted octanol–water partition coefficient (Wildman–Crippen LogP) is 4.83. The molecule has 2 heteroatoms. The molecule has 0 unspecified atom stereocenters. The van der Waals surface area contributed by atoms with Crippen molar-refractivity contribution in [2.45, 2.75) is 43.6 Å². The topological polar surface area (TPSA) is 3.24 Å². The fourth-order valence-electron chi connectivity index (χ4n) is 4.13. The molecule has 0 spiro atoms. The van der Waals surface area contributed by atoms with Crippen LogP contribution in [0, 0.1) is 12.6 Å². The van der Waals surface area contributed by atoms with Crippen molar-refractivity contribution in [1.29, 1.82) is 0 Å². The van der Waals surface area contributed by atoms with Gasteiger partial charge in [0.05, 0.1) is 5.54 Å². The van der Waals surface area contributed by atoms with Crippen molar-refractivity contribution < 1.29 is 20.1 Å². The van der Waals surface area contributed by atoms with Crippen LogP contribution in [0.4, 0.5) is 0 Å². The fourth-order valence-corrected chi connectivity index (χ4v) is 4.13. The maximum Gasteiger partial charge on any atom is 0.167 e. The summed E-state index contributed by atoms with van der Waals surface area (Å²) >= 11 is 0. The van der Waals surface area contributed by atoms with Gasteiger partial charge in [0.15, 0.2) is 6.54 Å². The average molecular weight is 482 g/mol. The van der Waals surface area contributed by atoms with E-state index in [1.165, 1.54) is 42.4 Å². The van der Waals surface area contributed by atoms with Crippen molar-refractivity contribution >= 4 is 0 Å². The molecule has 3 aliphatic rings. The minimum atomic E-state index is 0. The summed E-state index contributed by atoms with van der Waals surface area (Å²) in [5, 5.41) is 0. The van der Waals surface area contributed by atoms with Crippen molar-refractivity contribution in [3.8, 4) is 11.1 Å². The molecule has 0 atom stereocenters. The molecular weight excluding hydrogens is 458 g/mol. The molecule has 2 aromatic carbocycles. The van der Waals surface area contributed by atoms with Gasteiger partial charge < -0.3 is 0 Å². The van der Waals surface area contributed by atoms with E-state index >= 15 is 0 Å². The number of hydrogen-bond acceptors (Lipinski definition) is 1. The first-order valence-electron chi connectivity index (χ1n) is 8.28.